The average Bonchev–Trinajstić information content (AvgIpc) is 3.84. The number of halogens is 3. The molecule has 15 heteroatoms. The zero-order chi connectivity index (χ0) is 44.9. The number of carbonyl (C=O) groups excluding carboxylic acids is 6. The van der Waals surface area contributed by atoms with Crippen molar-refractivity contribution in [3.8, 4) is 0 Å². The number of allylic oxidation sites excluding steroid dienone is 1. The number of Topliss-reactive ketones (excluding diaryl/α,β-unsaturated/α-hetero) is 1. The first kappa shape index (κ1) is 43.4. The summed E-state index contributed by atoms with van der Waals surface area (Å²) in [6.45, 7) is 4.27. The Bertz CT molecular complexity index is 2630. The number of nitrogens with zero attached hydrogens (tertiary/aromatic N) is 1. The average molecular weight is 906 g/mol. The second-order valence-electron chi connectivity index (χ2n) is 17.4. The molecule has 2 saturated heterocycles. The van der Waals surface area contributed by atoms with Crippen molar-refractivity contribution >= 4 is 75.6 Å². The van der Waals surface area contributed by atoms with Crippen molar-refractivity contribution in [2.24, 2.45) is 0 Å². The molecule has 4 aromatic carbocycles. The monoisotopic (exact) mass is 904 g/mol. The van der Waals surface area contributed by atoms with Gasteiger partial charge in [-0.3, -0.25) is 39.0 Å². The number of piperidine rings is 1. The van der Waals surface area contributed by atoms with E-state index in [1.165, 1.54) is 6.07 Å². The van der Waals surface area contributed by atoms with Crippen LogP contribution in [0.3, 0.4) is 0 Å². The summed E-state index contributed by atoms with van der Waals surface area (Å²) in [5.41, 5.74) is 1.63. The number of anilines is 3. The summed E-state index contributed by atoms with van der Waals surface area (Å²) in [4.78, 5) is 82.8. The summed E-state index contributed by atoms with van der Waals surface area (Å²) in [5.74, 6) is -3.92. The maximum absolute atomic E-state index is 16.3. The Labute approximate surface area is 379 Å². The number of hydrogen-bond donors (Lipinski definition) is 5. The summed E-state index contributed by atoms with van der Waals surface area (Å²) in [5, 5.41) is 15.9. The summed E-state index contributed by atoms with van der Waals surface area (Å²) >= 11 is 12.8. The van der Waals surface area contributed by atoms with Crippen LogP contribution in [0.25, 0.3) is 0 Å². The van der Waals surface area contributed by atoms with E-state index in [9.17, 15) is 28.8 Å². The van der Waals surface area contributed by atoms with Crippen molar-refractivity contribution in [3.63, 3.8) is 0 Å². The first-order chi connectivity index (χ1) is 30.8. The quantitative estimate of drug-likeness (QED) is 0.0536. The van der Waals surface area contributed by atoms with Gasteiger partial charge in [-0.2, -0.15) is 0 Å². The van der Waals surface area contributed by atoms with Crippen molar-refractivity contribution in [3.05, 3.63) is 135 Å². The van der Waals surface area contributed by atoms with Gasteiger partial charge in [-0.15, -0.1) is 0 Å². The van der Waals surface area contributed by atoms with Crippen LogP contribution in [0.1, 0.15) is 119 Å². The van der Waals surface area contributed by atoms with Gasteiger partial charge in [0.05, 0.1) is 22.2 Å². The molecule has 0 aromatic heterocycles. The number of rotatable bonds is 12. The lowest BCUT2D eigenvalue weighted by atomic mass is 9.55. The van der Waals surface area contributed by atoms with E-state index in [1.54, 1.807) is 66.7 Å². The first-order valence-corrected chi connectivity index (χ1v) is 22.6. The highest BCUT2D eigenvalue weighted by Crippen LogP contribution is 2.63. The lowest BCUT2D eigenvalue weighted by Gasteiger charge is -2.47. The van der Waals surface area contributed by atoms with E-state index in [1.807, 2.05) is 6.07 Å². The minimum absolute atomic E-state index is 0.0626. The molecule has 64 heavy (non-hydrogen) atoms. The number of amides is 5. The minimum atomic E-state index is -1.36. The van der Waals surface area contributed by atoms with E-state index < -0.39 is 58.4 Å². The molecule has 1 unspecified atom stereocenters. The number of imide groups is 1. The minimum Gasteiger partial charge on any atom is -0.384 e. The molecule has 330 valence electrons. The van der Waals surface area contributed by atoms with Crippen molar-refractivity contribution in [2.45, 2.75) is 99.6 Å². The molecule has 4 heterocycles. The van der Waals surface area contributed by atoms with Crippen molar-refractivity contribution in [1.82, 2.24) is 15.5 Å². The molecule has 9 rings (SSSR count). The number of carbonyl (C=O) groups is 6. The third-order valence-electron chi connectivity index (χ3n) is 13.8. The third-order valence-corrected chi connectivity index (χ3v) is 14.3. The predicted octanol–water partition coefficient (Wildman–Crippen LogP) is 8.66. The number of nitrogens with one attached hydrogen (secondary N) is 5. The molecular formula is C49H47Cl2FN6O6. The second-order valence-corrected chi connectivity index (χ2v) is 18.3. The van der Waals surface area contributed by atoms with E-state index >= 15 is 4.39 Å². The summed E-state index contributed by atoms with van der Waals surface area (Å²) in [6.07, 6.45) is 6.90. The standard InChI is InChI=1S/C49H47Cl2FN6O6/c1-27-15-22-37(43(60)54-27)58-45(62)31-10-9-13-35(39(31)46(58)63)53-25-7-2-4-14-38(59)28-16-19-30(20-17-28)55-44(61)42-40(32-11-8-12-34(51)41(32)52)49(48(57-42)23-5-3-6-24-48)33-21-18-29(50)26-36(33)56-47(49)64/h8-13,16-21,26,37,40,42,53,57H,1-7,14-15,22-25H2,(H,54,60)(H,55,61)(H,56,64)/t37?,40-,42+,49+/m0/s1. The Balaban J connectivity index is 0.841. The van der Waals surface area contributed by atoms with Gasteiger partial charge in [0.1, 0.15) is 17.3 Å². The van der Waals surface area contributed by atoms with Gasteiger partial charge in [-0.1, -0.05) is 79.7 Å². The largest absolute Gasteiger partial charge is 0.384 e. The molecule has 1 saturated carbocycles. The number of fused-ring (bicyclic) bond motifs is 4. The zero-order valence-electron chi connectivity index (χ0n) is 35.0. The number of unbranched alkanes of at least 4 members (excludes halogenated alkanes) is 2. The Morgan fingerprint density at radius 2 is 1.64 bits per heavy atom. The highest BCUT2D eigenvalue weighted by Gasteiger charge is 2.72. The highest BCUT2D eigenvalue weighted by molar-refractivity contribution is 6.31. The maximum atomic E-state index is 16.3. The first-order valence-electron chi connectivity index (χ1n) is 21.9. The number of ketones is 1. The van der Waals surface area contributed by atoms with Gasteiger partial charge in [-0.05, 0) is 104 Å². The summed E-state index contributed by atoms with van der Waals surface area (Å²) in [7, 11) is 0. The topological polar surface area (TPSA) is 166 Å². The molecule has 0 radical (unpaired) electrons. The molecule has 0 bridgehead atoms. The van der Waals surface area contributed by atoms with E-state index in [2.05, 4.69) is 33.2 Å². The molecule has 5 aliphatic rings. The Hall–Kier alpha value is -5.89. The highest BCUT2D eigenvalue weighted by atomic mass is 35.5. The van der Waals surface area contributed by atoms with Crippen LogP contribution in [-0.4, -0.2) is 64.4 Å². The Kier molecular flexibility index (Phi) is 11.7. The molecular weight excluding hydrogens is 858 g/mol. The van der Waals surface area contributed by atoms with E-state index in [4.69, 9.17) is 23.2 Å². The van der Waals surface area contributed by atoms with Gasteiger partial charge in [0.2, 0.25) is 17.7 Å². The van der Waals surface area contributed by atoms with Gasteiger partial charge in [0.15, 0.2) is 5.78 Å². The normalized spacial score (nSPS) is 23.3. The van der Waals surface area contributed by atoms with E-state index in [0.29, 0.717) is 96.8 Å². The lowest BCUT2D eigenvalue weighted by Crippen LogP contribution is -2.60. The maximum Gasteiger partial charge on any atom is 0.264 e. The molecule has 1 aliphatic carbocycles. The van der Waals surface area contributed by atoms with Crippen molar-refractivity contribution < 1.29 is 33.2 Å². The van der Waals surface area contributed by atoms with Crippen LogP contribution >= 0.6 is 23.2 Å². The van der Waals surface area contributed by atoms with Crippen LogP contribution in [0.2, 0.25) is 10.0 Å². The smallest absolute Gasteiger partial charge is 0.264 e. The van der Waals surface area contributed by atoms with Gasteiger partial charge in [0, 0.05) is 57.8 Å². The lowest BCUT2D eigenvalue weighted by molar-refractivity contribution is -0.125. The molecule has 5 N–H and O–H groups in total. The fourth-order valence-electron chi connectivity index (χ4n) is 10.9. The molecule has 4 aliphatic heterocycles. The number of hydrogen-bond acceptors (Lipinski definition) is 8. The molecule has 2 spiro atoms. The predicted molar refractivity (Wildman–Crippen MR) is 242 cm³/mol. The molecule has 4 atom stereocenters. The van der Waals surface area contributed by atoms with Gasteiger partial charge >= 0.3 is 0 Å². The molecule has 4 aromatic rings. The van der Waals surface area contributed by atoms with Crippen LogP contribution in [0.4, 0.5) is 21.5 Å². The zero-order valence-corrected chi connectivity index (χ0v) is 36.5. The van der Waals surface area contributed by atoms with Crippen LogP contribution in [0, 0.1) is 5.82 Å². The van der Waals surface area contributed by atoms with Crippen molar-refractivity contribution in [2.75, 3.05) is 22.5 Å². The van der Waals surface area contributed by atoms with Crippen LogP contribution in [0.5, 0.6) is 0 Å². The molecule has 3 fully saturated rings. The van der Waals surface area contributed by atoms with Crippen LogP contribution in [-0.2, 0) is 19.8 Å². The third kappa shape index (κ3) is 7.27. The van der Waals surface area contributed by atoms with E-state index in [0.717, 1.165) is 24.2 Å². The second kappa shape index (κ2) is 17.2. The van der Waals surface area contributed by atoms with Gasteiger partial charge < -0.3 is 21.3 Å². The Morgan fingerprint density at radius 3 is 2.41 bits per heavy atom. The molecule has 5 amide bonds. The van der Waals surface area contributed by atoms with Crippen LogP contribution < -0.4 is 26.6 Å². The van der Waals surface area contributed by atoms with E-state index in [-0.39, 0.29) is 33.4 Å². The van der Waals surface area contributed by atoms with Crippen LogP contribution in [0.15, 0.2) is 91.1 Å². The SMILES string of the molecule is C=C1CCC(N2C(=O)c3cccc(NCCCCCC(=O)c4ccc(NC(=O)[C@@H]5NC6(CCCCC6)[C@@]6(C(=O)Nc7cc(Cl)ccc76)[C@H]5c5cccc(Cl)c5F)cc4)c3C2=O)C(=O)N1. The fourth-order valence-corrected chi connectivity index (χ4v) is 11.2. The van der Waals surface area contributed by atoms with Gasteiger partial charge in [0.25, 0.3) is 11.8 Å². The van der Waals surface area contributed by atoms with Crippen molar-refractivity contribution in [1.29, 1.82) is 0 Å². The molecule has 12 nitrogen and oxygen atoms in total. The summed E-state index contributed by atoms with van der Waals surface area (Å²) < 4.78 is 16.3. The summed E-state index contributed by atoms with van der Waals surface area (Å²) in [6, 6.07) is 19.6. The Morgan fingerprint density at radius 1 is 0.875 bits per heavy atom. The number of benzene rings is 4. The fraction of sp³-hybridized carbons (Fsp3) is 0.347. The van der Waals surface area contributed by atoms with Gasteiger partial charge in [-0.25, -0.2) is 4.39 Å².